The molecule has 0 radical (unpaired) electrons. The van der Waals surface area contributed by atoms with E-state index in [2.05, 4.69) is 39.1 Å². The minimum absolute atomic E-state index is 0.702. The van der Waals surface area contributed by atoms with Gasteiger partial charge in [0.1, 0.15) is 11.6 Å². The molecule has 0 atom stereocenters. The molecule has 0 aliphatic rings. The molecule has 1 heterocycles. The number of benzene rings is 2. The third-order valence-electron chi connectivity index (χ3n) is 4.01. The van der Waals surface area contributed by atoms with Gasteiger partial charge in [-0.25, -0.2) is 9.97 Å². The Morgan fingerprint density at radius 2 is 1.82 bits per heavy atom. The highest BCUT2D eigenvalue weighted by molar-refractivity contribution is 5.75. The standard InChI is InChI=1S/C20H21N5O.C2H6/c1-21-17-11-16(26-3)9-10-18(17)25(2)20-14-23-19(13-24-20)22-12-15-7-5-4-6-8-15;1-2/h4-11,13-14H,1,12H2,2-3H3,(H,22,23);1-2H3. The molecule has 0 amide bonds. The minimum atomic E-state index is 0.702. The summed E-state index contributed by atoms with van der Waals surface area (Å²) in [6.07, 6.45) is 3.45. The van der Waals surface area contributed by atoms with Crippen molar-refractivity contribution in [3.63, 3.8) is 0 Å². The Bertz CT molecular complexity index is 866. The maximum Gasteiger partial charge on any atom is 0.151 e. The molecule has 1 N–H and O–H groups in total. The summed E-state index contributed by atoms with van der Waals surface area (Å²) in [5.41, 5.74) is 2.79. The van der Waals surface area contributed by atoms with Gasteiger partial charge in [0.05, 0.1) is 30.9 Å². The molecule has 2 aromatic carbocycles. The second kappa shape index (κ2) is 10.7. The van der Waals surface area contributed by atoms with Crippen LogP contribution >= 0.6 is 0 Å². The second-order valence-corrected chi connectivity index (χ2v) is 5.67. The lowest BCUT2D eigenvalue weighted by molar-refractivity contribution is 0.415. The monoisotopic (exact) mass is 377 g/mol. The normalized spacial score (nSPS) is 9.71. The van der Waals surface area contributed by atoms with Crippen LogP contribution in [-0.4, -0.2) is 30.8 Å². The van der Waals surface area contributed by atoms with Crippen LogP contribution in [0.1, 0.15) is 19.4 Å². The van der Waals surface area contributed by atoms with Gasteiger partial charge in [-0.15, -0.1) is 0 Å². The van der Waals surface area contributed by atoms with E-state index in [9.17, 15) is 0 Å². The quantitative estimate of drug-likeness (QED) is 0.572. The van der Waals surface area contributed by atoms with Gasteiger partial charge in [0, 0.05) is 19.7 Å². The second-order valence-electron chi connectivity index (χ2n) is 5.67. The maximum absolute atomic E-state index is 5.23. The Morgan fingerprint density at radius 3 is 2.43 bits per heavy atom. The molecule has 0 aliphatic heterocycles. The van der Waals surface area contributed by atoms with Crippen LogP contribution in [0.4, 0.5) is 23.0 Å². The number of nitrogens with zero attached hydrogens (tertiary/aromatic N) is 4. The van der Waals surface area contributed by atoms with E-state index < -0.39 is 0 Å². The molecule has 0 bridgehead atoms. The van der Waals surface area contributed by atoms with E-state index in [1.807, 2.05) is 62.2 Å². The number of aliphatic imine (C=N–C) groups is 1. The molecule has 0 saturated heterocycles. The Morgan fingerprint density at radius 1 is 1.07 bits per heavy atom. The van der Waals surface area contributed by atoms with Crippen molar-refractivity contribution in [2.75, 3.05) is 24.4 Å². The Hall–Kier alpha value is -3.41. The van der Waals surface area contributed by atoms with Crippen molar-refractivity contribution in [1.29, 1.82) is 0 Å². The number of rotatable bonds is 7. The van der Waals surface area contributed by atoms with E-state index in [1.54, 1.807) is 19.5 Å². The van der Waals surface area contributed by atoms with Crippen LogP contribution in [0.5, 0.6) is 5.75 Å². The van der Waals surface area contributed by atoms with E-state index in [-0.39, 0.29) is 0 Å². The van der Waals surface area contributed by atoms with Gasteiger partial charge in [-0.2, -0.15) is 0 Å². The summed E-state index contributed by atoms with van der Waals surface area (Å²) in [4.78, 5) is 14.9. The Kier molecular flexibility index (Phi) is 7.96. The molecule has 6 nitrogen and oxygen atoms in total. The summed E-state index contributed by atoms with van der Waals surface area (Å²) in [5.74, 6) is 2.17. The zero-order valence-corrected chi connectivity index (χ0v) is 16.9. The fraction of sp³-hybridized carbons (Fsp3) is 0.227. The van der Waals surface area contributed by atoms with Crippen molar-refractivity contribution < 1.29 is 4.74 Å². The SMILES string of the molecule is C=Nc1cc(OC)ccc1N(C)c1cnc(NCc2ccccc2)cn1.CC. The van der Waals surface area contributed by atoms with Crippen LogP contribution < -0.4 is 15.0 Å². The summed E-state index contributed by atoms with van der Waals surface area (Å²) in [7, 11) is 3.54. The molecule has 146 valence electrons. The molecule has 3 rings (SSSR count). The largest absolute Gasteiger partial charge is 0.497 e. The first-order valence-electron chi connectivity index (χ1n) is 9.19. The molecule has 3 aromatic rings. The molecular weight excluding hydrogens is 350 g/mol. The highest BCUT2D eigenvalue weighted by Crippen LogP contribution is 2.34. The van der Waals surface area contributed by atoms with Crippen LogP contribution in [0.2, 0.25) is 0 Å². The zero-order valence-electron chi connectivity index (χ0n) is 16.9. The van der Waals surface area contributed by atoms with Gasteiger partial charge in [-0.3, -0.25) is 4.99 Å². The highest BCUT2D eigenvalue weighted by Gasteiger charge is 2.11. The van der Waals surface area contributed by atoms with Crippen LogP contribution in [-0.2, 0) is 6.54 Å². The first kappa shape index (κ1) is 20.9. The molecule has 6 heteroatoms. The van der Waals surface area contributed by atoms with Crippen LogP contribution in [0.25, 0.3) is 0 Å². The Balaban J connectivity index is 0.00000136. The van der Waals surface area contributed by atoms with Gasteiger partial charge in [-0.1, -0.05) is 44.2 Å². The molecule has 0 unspecified atom stereocenters. The van der Waals surface area contributed by atoms with Gasteiger partial charge in [0.25, 0.3) is 0 Å². The highest BCUT2D eigenvalue weighted by atomic mass is 16.5. The lowest BCUT2D eigenvalue weighted by Crippen LogP contribution is -2.12. The fourth-order valence-corrected chi connectivity index (χ4v) is 2.54. The minimum Gasteiger partial charge on any atom is -0.497 e. The lowest BCUT2D eigenvalue weighted by Gasteiger charge is -2.20. The molecular formula is C22H27N5O. The predicted molar refractivity (Wildman–Crippen MR) is 117 cm³/mol. The van der Waals surface area contributed by atoms with Gasteiger partial charge in [0.2, 0.25) is 0 Å². The van der Waals surface area contributed by atoms with Crippen molar-refractivity contribution in [2.24, 2.45) is 4.99 Å². The molecule has 0 fully saturated rings. The third kappa shape index (κ3) is 5.30. The average Bonchev–Trinajstić information content (AvgIpc) is 2.79. The molecule has 1 aromatic heterocycles. The number of methoxy groups -OCH3 is 1. The number of hydrogen-bond acceptors (Lipinski definition) is 6. The van der Waals surface area contributed by atoms with Gasteiger partial charge in [0.15, 0.2) is 5.82 Å². The summed E-state index contributed by atoms with van der Waals surface area (Å²) < 4.78 is 5.23. The van der Waals surface area contributed by atoms with Crippen LogP contribution in [0, 0.1) is 0 Å². The van der Waals surface area contributed by atoms with E-state index in [0.717, 1.165) is 22.9 Å². The van der Waals surface area contributed by atoms with E-state index in [4.69, 9.17) is 4.74 Å². The summed E-state index contributed by atoms with van der Waals surface area (Å²) in [5, 5.41) is 3.27. The first-order valence-corrected chi connectivity index (χ1v) is 9.19. The summed E-state index contributed by atoms with van der Waals surface area (Å²) in [6, 6.07) is 15.8. The third-order valence-corrected chi connectivity index (χ3v) is 4.01. The number of nitrogens with one attached hydrogen (secondary N) is 1. The van der Waals surface area contributed by atoms with E-state index >= 15 is 0 Å². The van der Waals surface area contributed by atoms with Gasteiger partial charge < -0.3 is 15.0 Å². The Labute approximate surface area is 166 Å². The maximum atomic E-state index is 5.23. The van der Waals surface area contributed by atoms with Gasteiger partial charge in [-0.05, 0) is 24.4 Å². The number of anilines is 3. The number of hydrogen-bond donors (Lipinski definition) is 1. The molecule has 0 spiro atoms. The molecule has 0 aliphatic carbocycles. The van der Waals surface area contributed by atoms with E-state index in [1.165, 1.54) is 5.56 Å². The van der Waals surface area contributed by atoms with Crippen molar-refractivity contribution in [3.8, 4) is 5.75 Å². The van der Waals surface area contributed by atoms with Gasteiger partial charge >= 0.3 is 0 Å². The molecule has 0 saturated carbocycles. The number of aromatic nitrogens is 2. The van der Waals surface area contributed by atoms with Crippen molar-refractivity contribution in [3.05, 3.63) is 66.5 Å². The smallest absolute Gasteiger partial charge is 0.151 e. The average molecular weight is 377 g/mol. The van der Waals surface area contributed by atoms with Crippen molar-refractivity contribution >= 4 is 29.7 Å². The molecule has 28 heavy (non-hydrogen) atoms. The predicted octanol–water partition coefficient (Wildman–Crippen LogP) is 5.22. The summed E-state index contributed by atoms with van der Waals surface area (Å²) >= 11 is 0. The fourth-order valence-electron chi connectivity index (χ4n) is 2.54. The topological polar surface area (TPSA) is 62.6 Å². The lowest BCUT2D eigenvalue weighted by atomic mass is 10.2. The zero-order chi connectivity index (χ0) is 20.4. The van der Waals surface area contributed by atoms with Crippen LogP contribution in [0.15, 0.2) is 65.9 Å². The van der Waals surface area contributed by atoms with Crippen molar-refractivity contribution in [2.45, 2.75) is 20.4 Å². The first-order chi connectivity index (χ1) is 13.7. The summed E-state index contributed by atoms with van der Waals surface area (Å²) in [6.45, 7) is 8.33. The van der Waals surface area contributed by atoms with Crippen LogP contribution in [0.3, 0.4) is 0 Å². The number of ether oxygens (including phenoxy) is 1. The van der Waals surface area contributed by atoms with E-state index in [0.29, 0.717) is 12.4 Å². The van der Waals surface area contributed by atoms with Crippen molar-refractivity contribution in [1.82, 2.24) is 9.97 Å².